The Kier molecular flexibility index (Phi) is 4.96. The fourth-order valence-corrected chi connectivity index (χ4v) is 3.36. The zero-order chi connectivity index (χ0) is 15.4. The molecule has 2 aliphatic rings. The van der Waals surface area contributed by atoms with Crippen molar-refractivity contribution >= 4 is 5.91 Å². The molecule has 0 aromatic heterocycles. The topological polar surface area (TPSA) is 29.5 Å². The molecule has 1 aromatic carbocycles. The summed E-state index contributed by atoms with van der Waals surface area (Å²) in [5, 5.41) is 0. The van der Waals surface area contributed by atoms with Crippen LogP contribution >= 0.6 is 0 Å². The third-order valence-corrected chi connectivity index (χ3v) is 4.61. The smallest absolute Gasteiger partial charge is 0.226 e. The number of para-hydroxylation sites is 1. The lowest BCUT2D eigenvalue weighted by Crippen LogP contribution is -2.43. The molecule has 0 unspecified atom stereocenters. The summed E-state index contributed by atoms with van der Waals surface area (Å²) < 4.78 is 18.9. The number of rotatable bonds is 6. The van der Waals surface area contributed by atoms with E-state index in [2.05, 4.69) is 4.90 Å². The van der Waals surface area contributed by atoms with Gasteiger partial charge in [-0.2, -0.15) is 0 Å². The van der Waals surface area contributed by atoms with Crippen molar-refractivity contribution in [1.82, 2.24) is 4.90 Å². The molecule has 0 saturated heterocycles. The Bertz CT molecular complexity index is 510. The highest BCUT2D eigenvalue weighted by Gasteiger charge is 2.37. The van der Waals surface area contributed by atoms with Crippen LogP contribution in [0.15, 0.2) is 24.3 Å². The minimum Gasteiger partial charge on any atom is -0.490 e. The molecule has 1 aromatic rings. The van der Waals surface area contributed by atoms with Gasteiger partial charge < -0.3 is 9.64 Å². The monoisotopic (exact) mass is 305 g/mol. The Hall–Kier alpha value is -1.58. The van der Waals surface area contributed by atoms with E-state index in [1.165, 1.54) is 25.3 Å². The molecule has 1 amide bonds. The average molecular weight is 305 g/mol. The first-order chi connectivity index (χ1) is 10.8. The predicted octanol–water partition coefficient (Wildman–Crippen LogP) is 3.92. The first-order valence-corrected chi connectivity index (χ1v) is 8.44. The van der Waals surface area contributed by atoms with Crippen LogP contribution in [-0.4, -0.2) is 29.5 Å². The standard InChI is InChI=1S/C18H24FNO2/c19-16-8-4-5-9-17(16)22-13-12-18(21)20(15-10-11-15)14-6-2-1-3-7-14/h4-5,8-9,14-15H,1-3,6-7,10-13H2. The van der Waals surface area contributed by atoms with Gasteiger partial charge >= 0.3 is 0 Å². The predicted molar refractivity (Wildman–Crippen MR) is 83.3 cm³/mol. The van der Waals surface area contributed by atoms with E-state index in [1.807, 2.05) is 0 Å². The van der Waals surface area contributed by atoms with E-state index in [-0.39, 0.29) is 24.1 Å². The van der Waals surface area contributed by atoms with Crippen molar-refractivity contribution in [3.8, 4) is 5.75 Å². The number of hydrogen-bond acceptors (Lipinski definition) is 2. The number of nitrogens with zero attached hydrogens (tertiary/aromatic N) is 1. The van der Waals surface area contributed by atoms with Crippen LogP contribution in [0.3, 0.4) is 0 Å². The highest BCUT2D eigenvalue weighted by Crippen LogP contribution is 2.34. The fourth-order valence-electron chi connectivity index (χ4n) is 3.36. The highest BCUT2D eigenvalue weighted by molar-refractivity contribution is 5.77. The Morgan fingerprint density at radius 1 is 1.09 bits per heavy atom. The quantitative estimate of drug-likeness (QED) is 0.797. The Morgan fingerprint density at radius 3 is 2.45 bits per heavy atom. The third kappa shape index (κ3) is 3.79. The number of ether oxygens (including phenoxy) is 1. The van der Waals surface area contributed by atoms with E-state index in [9.17, 15) is 9.18 Å². The van der Waals surface area contributed by atoms with Crippen LogP contribution in [0.4, 0.5) is 4.39 Å². The number of carbonyl (C=O) groups excluding carboxylic acids is 1. The van der Waals surface area contributed by atoms with Gasteiger partial charge in [0, 0.05) is 12.1 Å². The van der Waals surface area contributed by atoms with Gasteiger partial charge in [-0.1, -0.05) is 31.4 Å². The van der Waals surface area contributed by atoms with Crippen LogP contribution < -0.4 is 4.74 Å². The van der Waals surface area contributed by atoms with Crippen LogP contribution in [0, 0.1) is 5.82 Å². The van der Waals surface area contributed by atoms with Crippen molar-refractivity contribution in [2.24, 2.45) is 0 Å². The molecule has 0 aliphatic heterocycles. The SMILES string of the molecule is O=C(CCOc1ccccc1F)N(C1CCCCC1)C1CC1. The van der Waals surface area contributed by atoms with Crippen LogP contribution in [0.2, 0.25) is 0 Å². The number of halogens is 1. The maximum atomic E-state index is 13.5. The summed E-state index contributed by atoms with van der Waals surface area (Å²) in [6.45, 7) is 0.246. The van der Waals surface area contributed by atoms with Gasteiger partial charge in [-0.15, -0.1) is 0 Å². The van der Waals surface area contributed by atoms with Crippen molar-refractivity contribution in [1.29, 1.82) is 0 Å². The molecule has 2 fully saturated rings. The molecule has 4 heteroatoms. The molecule has 0 N–H and O–H groups in total. The van der Waals surface area contributed by atoms with Crippen LogP contribution in [0.1, 0.15) is 51.4 Å². The van der Waals surface area contributed by atoms with E-state index in [1.54, 1.807) is 18.2 Å². The molecule has 2 aliphatic carbocycles. The van der Waals surface area contributed by atoms with Gasteiger partial charge in [0.2, 0.25) is 5.91 Å². The molecule has 0 spiro atoms. The van der Waals surface area contributed by atoms with Gasteiger partial charge in [-0.05, 0) is 37.8 Å². The molecule has 0 atom stereocenters. The Labute approximate surface area is 131 Å². The first-order valence-electron chi connectivity index (χ1n) is 8.44. The van der Waals surface area contributed by atoms with Gasteiger partial charge in [-0.3, -0.25) is 4.79 Å². The van der Waals surface area contributed by atoms with Gasteiger partial charge in [-0.25, -0.2) is 4.39 Å². The number of hydrogen-bond donors (Lipinski definition) is 0. The average Bonchev–Trinajstić information content (AvgIpc) is 3.35. The second-order valence-corrected chi connectivity index (χ2v) is 6.35. The summed E-state index contributed by atoms with van der Waals surface area (Å²) in [5.41, 5.74) is 0. The first kappa shape index (κ1) is 15.3. The minimum absolute atomic E-state index is 0.172. The molecular weight excluding hydrogens is 281 g/mol. The summed E-state index contributed by atoms with van der Waals surface area (Å²) in [6.07, 6.45) is 8.63. The maximum Gasteiger partial charge on any atom is 0.226 e. The lowest BCUT2D eigenvalue weighted by atomic mass is 9.94. The second kappa shape index (κ2) is 7.12. The Morgan fingerprint density at radius 2 is 1.77 bits per heavy atom. The molecule has 0 heterocycles. The van der Waals surface area contributed by atoms with Crippen molar-refractivity contribution in [2.75, 3.05) is 6.61 Å². The number of amides is 1. The summed E-state index contributed by atoms with van der Waals surface area (Å²) in [7, 11) is 0. The minimum atomic E-state index is -0.374. The van der Waals surface area contributed by atoms with E-state index in [4.69, 9.17) is 4.74 Å². The van der Waals surface area contributed by atoms with E-state index < -0.39 is 0 Å². The maximum absolute atomic E-state index is 13.5. The van der Waals surface area contributed by atoms with E-state index >= 15 is 0 Å². The van der Waals surface area contributed by atoms with Gasteiger partial charge in [0.05, 0.1) is 13.0 Å². The summed E-state index contributed by atoms with van der Waals surface area (Å²) in [6, 6.07) is 7.20. The molecule has 0 radical (unpaired) electrons. The molecule has 3 nitrogen and oxygen atoms in total. The van der Waals surface area contributed by atoms with Gasteiger partial charge in [0.25, 0.3) is 0 Å². The lowest BCUT2D eigenvalue weighted by molar-refractivity contribution is -0.135. The van der Waals surface area contributed by atoms with Crippen molar-refractivity contribution in [2.45, 2.75) is 63.5 Å². The van der Waals surface area contributed by atoms with Crippen molar-refractivity contribution < 1.29 is 13.9 Å². The van der Waals surface area contributed by atoms with Gasteiger partial charge in [0.1, 0.15) is 0 Å². The summed E-state index contributed by atoms with van der Waals surface area (Å²) in [5.74, 6) is 0.0259. The Balaban J connectivity index is 1.52. The fraction of sp³-hybridized carbons (Fsp3) is 0.611. The number of benzene rings is 1. The second-order valence-electron chi connectivity index (χ2n) is 6.35. The zero-order valence-corrected chi connectivity index (χ0v) is 13.0. The molecule has 22 heavy (non-hydrogen) atoms. The van der Waals surface area contributed by atoms with Crippen LogP contribution in [0.5, 0.6) is 5.75 Å². The zero-order valence-electron chi connectivity index (χ0n) is 13.0. The van der Waals surface area contributed by atoms with E-state index in [0.717, 1.165) is 25.7 Å². The summed E-state index contributed by atoms with van der Waals surface area (Å²) >= 11 is 0. The normalized spacial score (nSPS) is 19.0. The van der Waals surface area contributed by atoms with Crippen molar-refractivity contribution in [3.05, 3.63) is 30.1 Å². The highest BCUT2D eigenvalue weighted by atomic mass is 19.1. The number of carbonyl (C=O) groups is 1. The molecule has 2 saturated carbocycles. The lowest BCUT2D eigenvalue weighted by Gasteiger charge is -2.34. The largest absolute Gasteiger partial charge is 0.490 e. The molecule has 3 rings (SSSR count). The molecule has 0 bridgehead atoms. The van der Waals surface area contributed by atoms with Crippen LogP contribution in [-0.2, 0) is 4.79 Å². The van der Waals surface area contributed by atoms with E-state index in [0.29, 0.717) is 18.5 Å². The third-order valence-electron chi connectivity index (χ3n) is 4.61. The van der Waals surface area contributed by atoms with Crippen LogP contribution in [0.25, 0.3) is 0 Å². The molecule has 120 valence electrons. The van der Waals surface area contributed by atoms with Crippen molar-refractivity contribution in [3.63, 3.8) is 0 Å². The summed E-state index contributed by atoms with van der Waals surface area (Å²) in [4.78, 5) is 14.7. The van der Waals surface area contributed by atoms with Gasteiger partial charge in [0.15, 0.2) is 11.6 Å². The molecular formula is C18H24FNO2.